The van der Waals surface area contributed by atoms with Gasteiger partial charge in [-0.25, -0.2) is 10.7 Å². The number of nitrogens with zero attached hydrogens (tertiary/aromatic N) is 1. The van der Waals surface area contributed by atoms with E-state index in [-0.39, 0.29) is 10.1 Å². The van der Waals surface area contributed by atoms with Gasteiger partial charge >= 0.3 is 0 Å². The third kappa shape index (κ3) is 2.11. The van der Waals surface area contributed by atoms with E-state index in [0.717, 1.165) is 0 Å². The number of aryl methyl sites for hydroxylation is 1. The molecule has 66 valence electrons. The van der Waals surface area contributed by atoms with E-state index >= 15 is 0 Å². The average Bonchev–Trinajstić information content (AvgIpc) is 2.07. The van der Waals surface area contributed by atoms with E-state index in [9.17, 15) is 0 Å². The van der Waals surface area contributed by atoms with Gasteiger partial charge in [0, 0.05) is 6.20 Å². The summed E-state index contributed by atoms with van der Waals surface area (Å²) < 4.78 is 0. The van der Waals surface area contributed by atoms with Crippen LogP contribution in [-0.2, 0) is 10.1 Å². The Kier molecular flexibility index (Phi) is 3.35. The summed E-state index contributed by atoms with van der Waals surface area (Å²) in [5, 5.41) is 5.53. The maximum absolute atomic E-state index is 4.33. The van der Waals surface area contributed by atoms with Gasteiger partial charge in [-0.15, -0.1) is 0 Å². The van der Waals surface area contributed by atoms with Crippen molar-refractivity contribution in [3.8, 4) is 0 Å². The number of pyridine rings is 1. The van der Waals surface area contributed by atoms with Crippen LogP contribution in [-0.4, -0.2) is 15.7 Å². The molecule has 1 aromatic heterocycles. The van der Waals surface area contributed by atoms with E-state index in [1.165, 1.54) is 10.6 Å². The minimum Gasteiger partial charge on any atom is -0.433 e. The summed E-state index contributed by atoms with van der Waals surface area (Å²) >= 11 is 0. The molecule has 0 aromatic carbocycles. The highest BCUT2D eigenvalue weighted by Crippen LogP contribution is 2.01. The zero-order valence-electron chi connectivity index (χ0n) is 7.74. The van der Waals surface area contributed by atoms with E-state index in [0.29, 0.717) is 0 Å². The van der Waals surface area contributed by atoms with Crippen LogP contribution in [0.2, 0.25) is 0 Å². The topological polar surface area (TPSA) is 12.9 Å². The average molecular weight is 180 g/mol. The van der Waals surface area contributed by atoms with E-state index in [4.69, 9.17) is 0 Å². The van der Waals surface area contributed by atoms with Gasteiger partial charge in [0.2, 0.25) is 0 Å². The van der Waals surface area contributed by atoms with Gasteiger partial charge in [-0.1, -0.05) is 24.9 Å². The monoisotopic (exact) mass is 180 g/mol. The van der Waals surface area contributed by atoms with Crippen LogP contribution in [0.1, 0.15) is 19.4 Å². The van der Waals surface area contributed by atoms with Crippen molar-refractivity contribution in [2.24, 2.45) is 0 Å². The lowest BCUT2D eigenvalue weighted by Crippen LogP contribution is -1.90. The summed E-state index contributed by atoms with van der Waals surface area (Å²) in [7, 11) is 0.127. The lowest BCUT2D eigenvalue weighted by Gasteiger charge is -2.10. The molecule has 2 heteroatoms. The predicted molar refractivity (Wildman–Crippen MR) is 58.1 cm³/mol. The molecule has 1 heterocycles. The van der Waals surface area contributed by atoms with E-state index in [2.05, 4.69) is 42.6 Å². The fourth-order valence-corrected chi connectivity index (χ4v) is 2.27. The smallest absolute Gasteiger partial charge is 0.0250 e. The van der Waals surface area contributed by atoms with Crippen LogP contribution in [0.15, 0.2) is 23.4 Å². The number of hydrogen-bond acceptors (Lipinski definition) is 2. The molecule has 0 aliphatic rings. The zero-order valence-corrected chi connectivity index (χ0v) is 8.56. The quantitative estimate of drug-likeness (QED) is 0.476. The fourth-order valence-electron chi connectivity index (χ4n) is 1.01. The van der Waals surface area contributed by atoms with Gasteiger partial charge in [0.15, 0.2) is 0 Å². The summed E-state index contributed by atoms with van der Waals surface area (Å²) in [6, 6.07) is 4.17. The molecular formula is C10H14NS-. The van der Waals surface area contributed by atoms with Crippen LogP contribution < -0.4 is 0 Å². The lowest BCUT2D eigenvalue weighted by atomic mass is 10.3. The Morgan fingerprint density at radius 3 is 2.50 bits per heavy atom. The first-order chi connectivity index (χ1) is 5.77. The van der Waals surface area contributed by atoms with Crippen LogP contribution in [0.25, 0.3) is 0 Å². The fraction of sp³-hybridized carbons (Fsp3) is 0.300. The largest absolute Gasteiger partial charge is 0.433 e. The van der Waals surface area contributed by atoms with Gasteiger partial charge < -0.3 is 10.1 Å². The molecule has 0 spiro atoms. The van der Waals surface area contributed by atoms with Crippen LogP contribution in [0.3, 0.4) is 0 Å². The highest BCUT2D eigenvalue weighted by Gasteiger charge is 1.81. The number of rotatable bonds is 1. The third-order valence-corrected chi connectivity index (χ3v) is 3.36. The van der Waals surface area contributed by atoms with Crippen molar-refractivity contribution in [2.45, 2.75) is 25.8 Å². The van der Waals surface area contributed by atoms with Gasteiger partial charge in [-0.05, 0) is 18.6 Å². The molecular weight excluding hydrogens is 166 g/mol. The summed E-state index contributed by atoms with van der Waals surface area (Å²) in [6.45, 7) is 6.25. The molecule has 0 saturated heterocycles. The third-order valence-electron chi connectivity index (χ3n) is 1.64. The maximum Gasteiger partial charge on any atom is 0.0250 e. The second kappa shape index (κ2) is 4.31. The minimum absolute atomic E-state index is 0.127. The molecule has 0 fully saturated rings. The van der Waals surface area contributed by atoms with Crippen LogP contribution in [0.5, 0.6) is 0 Å². The number of hydrogen-bond donors (Lipinski definition) is 0. The molecule has 0 unspecified atom stereocenters. The Labute approximate surface area is 76.0 Å². The Morgan fingerprint density at radius 1 is 1.33 bits per heavy atom. The van der Waals surface area contributed by atoms with Crippen molar-refractivity contribution in [1.82, 2.24) is 4.98 Å². The SMILES string of the molecule is CC=[S-](=CC)c1cc(C)ccn1. The van der Waals surface area contributed by atoms with Gasteiger partial charge in [0.1, 0.15) is 0 Å². The molecule has 0 amide bonds. The molecule has 0 aliphatic heterocycles. The van der Waals surface area contributed by atoms with Crippen molar-refractivity contribution in [3.63, 3.8) is 0 Å². The standard InChI is InChI=1S/C10H14NS/c1-4-12(5-2)10-8-9(3)6-7-11-10/h4-8H,1-3H3/q-1. The summed E-state index contributed by atoms with van der Waals surface area (Å²) in [5.74, 6) is 0. The molecule has 1 rings (SSSR count). The molecule has 1 nitrogen and oxygen atoms in total. The minimum atomic E-state index is 0.127. The zero-order chi connectivity index (χ0) is 8.97. The second-order valence-electron chi connectivity index (χ2n) is 2.51. The molecule has 0 radical (unpaired) electrons. The highest BCUT2D eigenvalue weighted by molar-refractivity contribution is 7.93. The molecule has 0 bridgehead atoms. The van der Waals surface area contributed by atoms with Crippen molar-refractivity contribution < 1.29 is 0 Å². The Bertz CT molecular complexity index is 337. The first kappa shape index (κ1) is 9.33. The van der Waals surface area contributed by atoms with Gasteiger partial charge in [-0.3, -0.25) is 4.98 Å². The summed E-state index contributed by atoms with van der Waals surface area (Å²) in [4.78, 5) is 4.33. The summed E-state index contributed by atoms with van der Waals surface area (Å²) in [6.07, 6.45) is 1.87. The molecule has 0 N–H and O–H groups in total. The van der Waals surface area contributed by atoms with Crippen molar-refractivity contribution in [3.05, 3.63) is 23.9 Å². The molecule has 12 heavy (non-hydrogen) atoms. The van der Waals surface area contributed by atoms with E-state index in [1.54, 1.807) is 0 Å². The first-order valence-corrected chi connectivity index (χ1v) is 5.36. The van der Waals surface area contributed by atoms with Crippen molar-refractivity contribution in [2.75, 3.05) is 0 Å². The maximum atomic E-state index is 4.33. The number of aromatic nitrogens is 1. The molecule has 0 aliphatic carbocycles. The van der Waals surface area contributed by atoms with Crippen LogP contribution >= 0.6 is 0 Å². The van der Waals surface area contributed by atoms with Gasteiger partial charge in [0.25, 0.3) is 0 Å². The molecule has 0 saturated carbocycles. The van der Waals surface area contributed by atoms with E-state index in [1.807, 2.05) is 12.3 Å². The van der Waals surface area contributed by atoms with Gasteiger partial charge in [-0.2, -0.15) is 0 Å². The highest BCUT2D eigenvalue weighted by atomic mass is 32.2. The molecule has 0 atom stereocenters. The van der Waals surface area contributed by atoms with Crippen molar-refractivity contribution in [1.29, 1.82) is 0 Å². The Hall–Kier alpha value is -0.760. The lowest BCUT2D eigenvalue weighted by molar-refractivity contribution is 1.12. The Balaban J connectivity index is 3.21. The van der Waals surface area contributed by atoms with E-state index < -0.39 is 0 Å². The van der Waals surface area contributed by atoms with Crippen molar-refractivity contribution >= 4 is 20.8 Å². The normalized spacial score (nSPS) is 13.6. The first-order valence-electron chi connectivity index (χ1n) is 4.01. The van der Waals surface area contributed by atoms with Crippen LogP contribution in [0.4, 0.5) is 0 Å². The second-order valence-corrected chi connectivity index (χ2v) is 4.62. The molecule has 1 aromatic rings. The predicted octanol–water partition coefficient (Wildman–Crippen LogP) is 2.01. The van der Waals surface area contributed by atoms with Crippen LogP contribution in [0, 0.1) is 6.92 Å². The summed E-state index contributed by atoms with van der Waals surface area (Å²) in [5.41, 5.74) is 1.28. The Morgan fingerprint density at radius 2 is 2.00 bits per heavy atom. The van der Waals surface area contributed by atoms with Gasteiger partial charge in [0.05, 0.1) is 0 Å².